The molecular formula is C24H22N4O3. The molecule has 1 aromatic heterocycles. The zero-order chi connectivity index (χ0) is 21.2. The molecule has 2 aliphatic heterocycles. The smallest absolute Gasteiger partial charge is 0.267 e. The minimum atomic E-state index is -0.617. The lowest BCUT2D eigenvalue weighted by atomic mass is 10.0. The number of aromatic nitrogens is 1. The number of hydrogen-bond acceptors (Lipinski definition) is 6. The van der Waals surface area contributed by atoms with Crippen LogP contribution in [-0.2, 0) is 4.79 Å². The Morgan fingerprint density at radius 1 is 1.10 bits per heavy atom. The van der Waals surface area contributed by atoms with E-state index in [2.05, 4.69) is 16.4 Å². The van der Waals surface area contributed by atoms with Crippen molar-refractivity contribution in [3.8, 4) is 17.6 Å². The van der Waals surface area contributed by atoms with Gasteiger partial charge in [0.1, 0.15) is 12.7 Å². The van der Waals surface area contributed by atoms with Gasteiger partial charge in [-0.2, -0.15) is 5.26 Å². The van der Waals surface area contributed by atoms with Gasteiger partial charge in [0.2, 0.25) is 6.10 Å². The second kappa shape index (κ2) is 8.15. The normalized spacial score (nSPS) is 18.4. The van der Waals surface area contributed by atoms with Crippen LogP contribution in [0.5, 0.6) is 11.5 Å². The Morgan fingerprint density at radius 3 is 2.65 bits per heavy atom. The summed E-state index contributed by atoms with van der Waals surface area (Å²) >= 11 is 0. The molecule has 1 N–H and O–H groups in total. The Balaban J connectivity index is 1.24. The van der Waals surface area contributed by atoms with Gasteiger partial charge in [-0.3, -0.25) is 9.78 Å². The molecule has 1 amide bonds. The summed E-state index contributed by atoms with van der Waals surface area (Å²) in [5, 5.41) is 14.0. The molecule has 7 heteroatoms. The van der Waals surface area contributed by atoms with Crippen molar-refractivity contribution in [1.29, 1.82) is 5.26 Å². The zero-order valence-corrected chi connectivity index (χ0v) is 17.0. The average molecular weight is 414 g/mol. The Labute approximate surface area is 180 Å². The quantitative estimate of drug-likeness (QED) is 0.707. The van der Waals surface area contributed by atoms with E-state index in [4.69, 9.17) is 9.47 Å². The Hall–Kier alpha value is -3.79. The first kappa shape index (κ1) is 19.2. The number of hydrogen-bond donors (Lipinski definition) is 1. The van der Waals surface area contributed by atoms with Gasteiger partial charge in [0.25, 0.3) is 5.91 Å². The molecule has 1 fully saturated rings. The number of pyridine rings is 1. The lowest BCUT2D eigenvalue weighted by Crippen LogP contribution is -2.50. The summed E-state index contributed by atoms with van der Waals surface area (Å²) in [6, 6.07) is 17.6. The van der Waals surface area contributed by atoms with Gasteiger partial charge in [0, 0.05) is 30.7 Å². The van der Waals surface area contributed by atoms with Crippen LogP contribution in [0.4, 0.5) is 5.69 Å². The number of nitrogens with zero attached hydrogens (tertiary/aromatic N) is 3. The van der Waals surface area contributed by atoms with Crippen molar-refractivity contribution in [3.05, 3.63) is 60.3 Å². The number of likely N-dealkylation sites (tertiary alicyclic amines) is 1. The summed E-state index contributed by atoms with van der Waals surface area (Å²) in [7, 11) is 0. The Kier molecular flexibility index (Phi) is 5.04. The first-order valence-electron chi connectivity index (χ1n) is 10.4. The topological polar surface area (TPSA) is 87.5 Å². The molecule has 0 saturated carbocycles. The standard InChI is InChI=1S/C24H22N4O3/c25-13-16-14-26-19-6-2-1-5-18(19)23(16)27-17-9-11-28(12-10-17)24(29)22-15-30-20-7-3-4-8-21(20)31-22/h1-8,14,17,22H,9-12,15H2,(H,26,27). The lowest BCUT2D eigenvalue weighted by Gasteiger charge is -2.36. The molecule has 0 bridgehead atoms. The van der Waals surface area contributed by atoms with Crippen molar-refractivity contribution in [2.24, 2.45) is 0 Å². The highest BCUT2D eigenvalue weighted by atomic mass is 16.6. The van der Waals surface area contributed by atoms with Crippen molar-refractivity contribution in [2.45, 2.75) is 25.0 Å². The fourth-order valence-corrected chi connectivity index (χ4v) is 4.17. The SMILES string of the molecule is N#Cc1cnc2ccccc2c1NC1CCN(C(=O)C2COc3ccccc3O2)CC1. The van der Waals surface area contributed by atoms with Gasteiger partial charge in [0.05, 0.1) is 16.8 Å². The van der Waals surface area contributed by atoms with Crippen LogP contribution < -0.4 is 14.8 Å². The first-order chi connectivity index (χ1) is 15.2. The molecule has 1 atom stereocenters. The number of ether oxygens (including phenoxy) is 2. The van der Waals surface area contributed by atoms with Gasteiger partial charge in [-0.15, -0.1) is 0 Å². The number of para-hydroxylation sites is 3. The van der Waals surface area contributed by atoms with Crippen molar-refractivity contribution in [2.75, 3.05) is 25.0 Å². The molecule has 2 aliphatic rings. The maximum absolute atomic E-state index is 13.0. The molecule has 1 unspecified atom stereocenters. The van der Waals surface area contributed by atoms with Crippen LogP contribution in [0.25, 0.3) is 10.9 Å². The predicted octanol–water partition coefficient (Wildman–Crippen LogP) is 3.35. The number of carbonyl (C=O) groups excluding carboxylic acids is 1. The third kappa shape index (κ3) is 3.73. The van der Waals surface area contributed by atoms with Crippen molar-refractivity contribution < 1.29 is 14.3 Å². The van der Waals surface area contributed by atoms with Gasteiger partial charge in [0.15, 0.2) is 11.5 Å². The van der Waals surface area contributed by atoms with E-state index >= 15 is 0 Å². The van der Waals surface area contributed by atoms with E-state index in [-0.39, 0.29) is 18.6 Å². The van der Waals surface area contributed by atoms with E-state index in [0.29, 0.717) is 30.2 Å². The van der Waals surface area contributed by atoms with Gasteiger partial charge in [-0.25, -0.2) is 0 Å². The van der Waals surface area contributed by atoms with Crippen LogP contribution in [0, 0.1) is 11.3 Å². The highest BCUT2D eigenvalue weighted by molar-refractivity contribution is 5.94. The fraction of sp³-hybridized carbons (Fsp3) is 0.292. The average Bonchev–Trinajstić information content (AvgIpc) is 2.84. The third-order valence-electron chi connectivity index (χ3n) is 5.84. The number of nitrogens with one attached hydrogen (secondary N) is 1. The van der Waals surface area contributed by atoms with Gasteiger partial charge < -0.3 is 19.7 Å². The highest BCUT2D eigenvalue weighted by Gasteiger charge is 2.33. The number of piperidine rings is 1. The van der Waals surface area contributed by atoms with Crippen molar-refractivity contribution >= 4 is 22.5 Å². The summed E-state index contributed by atoms with van der Waals surface area (Å²) in [6.07, 6.45) is 2.57. The third-order valence-corrected chi connectivity index (χ3v) is 5.84. The molecule has 156 valence electrons. The van der Waals surface area contributed by atoms with Crippen molar-refractivity contribution in [1.82, 2.24) is 9.88 Å². The minimum Gasteiger partial charge on any atom is -0.485 e. The van der Waals surface area contributed by atoms with Gasteiger partial charge in [-0.05, 0) is 31.0 Å². The van der Waals surface area contributed by atoms with Crippen LogP contribution in [-0.4, -0.2) is 47.6 Å². The molecule has 0 spiro atoms. The number of nitriles is 1. The maximum Gasteiger partial charge on any atom is 0.267 e. The zero-order valence-electron chi connectivity index (χ0n) is 17.0. The van der Waals surface area contributed by atoms with Gasteiger partial charge >= 0.3 is 0 Å². The Morgan fingerprint density at radius 2 is 1.84 bits per heavy atom. The molecule has 0 radical (unpaired) electrons. The molecule has 3 heterocycles. The van der Waals surface area contributed by atoms with Gasteiger partial charge in [-0.1, -0.05) is 30.3 Å². The largest absolute Gasteiger partial charge is 0.485 e. The van der Waals surface area contributed by atoms with Crippen LogP contribution in [0.2, 0.25) is 0 Å². The molecule has 31 heavy (non-hydrogen) atoms. The van der Waals surface area contributed by atoms with Crippen LogP contribution in [0.15, 0.2) is 54.7 Å². The number of rotatable bonds is 3. The van der Waals surface area contributed by atoms with E-state index in [1.165, 1.54) is 0 Å². The Bertz CT molecular complexity index is 1160. The van der Waals surface area contributed by atoms with Crippen LogP contribution in [0.3, 0.4) is 0 Å². The number of benzene rings is 2. The minimum absolute atomic E-state index is 0.0416. The highest BCUT2D eigenvalue weighted by Crippen LogP contribution is 2.32. The van der Waals surface area contributed by atoms with E-state index in [9.17, 15) is 10.1 Å². The second-order valence-corrected chi connectivity index (χ2v) is 7.78. The lowest BCUT2D eigenvalue weighted by molar-refractivity contribution is -0.142. The summed E-state index contributed by atoms with van der Waals surface area (Å²) in [5.74, 6) is 1.24. The molecule has 0 aliphatic carbocycles. The monoisotopic (exact) mass is 414 g/mol. The first-order valence-corrected chi connectivity index (χ1v) is 10.4. The number of carbonyl (C=O) groups is 1. The second-order valence-electron chi connectivity index (χ2n) is 7.78. The molecule has 7 nitrogen and oxygen atoms in total. The summed E-state index contributed by atoms with van der Waals surface area (Å²) in [6.45, 7) is 1.48. The van der Waals surface area contributed by atoms with Crippen molar-refractivity contribution in [3.63, 3.8) is 0 Å². The molecule has 5 rings (SSSR count). The summed E-state index contributed by atoms with van der Waals surface area (Å²) in [5.41, 5.74) is 2.20. The van der Waals surface area contributed by atoms with Crippen LogP contribution >= 0.6 is 0 Å². The number of amides is 1. The number of fused-ring (bicyclic) bond motifs is 2. The summed E-state index contributed by atoms with van der Waals surface area (Å²) in [4.78, 5) is 19.2. The molecular weight excluding hydrogens is 392 g/mol. The molecule has 3 aromatic rings. The number of anilines is 1. The fourth-order valence-electron chi connectivity index (χ4n) is 4.17. The maximum atomic E-state index is 13.0. The predicted molar refractivity (Wildman–Crippen MR) is 116 cm³/mol. The van der Waals surface area contributed by atoms with E-state index in [1.54, 1.807) is 6.20 Å². The molecule has 1 saturated heterocycles. The van der Waals surface area contributed by atoms with Crippen LogP contribution in [0.1, 0.15) is 18.4 Å². The van der Waals surface area contributed by atoms with E-state index < -0.39 is 6.10 Å². The van der Waals surface area contributed by atoms with E-state index in [0.717, 1.165) is 29.4 Å². The summed E-state index contributed by atoms with van der Waals surface area (Å²) < 4.78 is 11.6. The van der Waals surface area contributed by atoms with E-state index in [1.807, 2.05) is 53.4 Å². The molecule has 2 aromatic carbocycles.